The van der Waals surface area contributed by atoms with E-state index in [0.717, 1.165) is 16.7 Å². The number of fused-ring (bicyclic) bond motifs is 3. The second-order valence-electron chi connectivity index (χ2n) is 6.58. The zero-order valence-corrected chi connectivity index (χ0v) is 17.2. The minimum absolute atomic E-state index is 0.198. The quantitative estimate of drug-likeness (QED) is 0.506. The second kappa shape index (κ2) is 7.84. The minimum Gasteiger partial charge on any atom is -0.355 e. The molecule has 150 valence electrons. The van der Waals surface area contributed by atoms with Crippen LogP contribution in [-0.2, 0) is 17.9 Å². The lowest BCUT2D eigenvalue weighted by atomic mass is 10.2. The maximum Gasteiger partial charge on any atom is 0.352 e. The predicted molar refractivity (Wildman–Crippen MR) is 113 cm³/mol. The summed E-state index contributed by atoms with van der Waals surface area (Å²) in [7, 11) is 0. The molecule has 0 bridgehead atoms. The molecular formula is C19H18ClN5O3S. The average Bonchev–Trinajstić information content (AvgIpc) is 3.30. The Bertz CT molecular complexity index is 1320. The second-order valence-corrected chi connectivity index (χ2v) is 7.93. The van der Waals surface area contributed by atoms with Crippen LogP contribution in [0, 0.1) is 0 Å². The zero-order valence-electron chi connectivity index (χ0n) is 15.6. The van der Waals surface area contributed by atoms with Crippen LogP contribution in [0.15, 0.2) is 45.3 Å². The Kier molecular flexibility index (Phi) is 5.25. The number of carbonyl (C=O) groups excluding carboxylic acids is 1. The Morgan fingerprint density at radius 1 is 1.21 bits per heavy atom. The Labute approximate surface area is 174 Å². The van der Waals surface area contributed by atoms with Crippen LogP contribution in [-0.4, -0.2) is 31.2 Å². The smallest absolute Gasteiger partial charge is 0.352 e. The number of carbonyl (C=O) groups is 1. The molecule has 0 fully saturated rings. The summed E-state index contributed by atoms with van der Waals surface area (Å²) in [5.41, 5.74) is 0.648. The van der Waals surface area contributed by atoms with E-state index in [-0.39, 0.29) is 30.3 Å². The summed E-state index contributed by atoms with van der Waals surface area (Å²) < 4.78 is 4.39. The molecule has 0 spiro atoms. The van der Waals surface area contributed by atoms with E-state index >= 15 is 0 Å². The molecular weight excluding hydrogens is 414 g/mol. The Balaban J connectivity index is 1.87. The molecule has 0 aliphatic heterocycles. The fourth-order valence-electron chi connectivity index (χ4n) is 3.11. The van der Waals surface area contributed by atoms with Crippen molar-refractivity contribution in [2.45, 2.75) is 26.4 Å². The molecule has 29 heavy (non-hydrogen) atoms. The number of nitrogens with one attached hydrogen (secondary N) is 1. The van der Waals surface area contributed by atoms with Crippen LogP contribution >= 0.6 is 22.9 Å². The van der Waals surface area contributed by atoms with Gasteiger partial charge in [0.1, 0.15) is 11.2 Å². The molecule has 0 atom stereocenters. The number of rotatable bonds is 6. The number of hydrogen-bond acceptors (Lipinski definition) is 5. The van der Waals surface area contributed by atoms with Gasteiger partial charge >= 0.3 is 5.69 Å². The van der Waals surface area contributed by atoms with E-state index in [4.69, 9.17) is 11.6 Å². The average molecular weight is 432 g/mol. The van der Waals surface area contributed by atoms with Crippen molar-refractivity contribution >= 4 is 44.8 Å². The summed E-state index contributed by atoms with van der Waals surface area (Å²) in [5, 5.41) is 9.40. The molecule has 3 aromatic heterocycles. The van der Waals surface area contributed by atoms with Crippen molar-refractivity contribution < 1.29 is 4.79 Å². The molecule has 0 radical (unpaired) electrons. The highest BCUT2D eigenvalue weighted by Crippen LogP contribution is 2.18. The number of aromatic nitrogens is 4. The molecule has 4 aromatic rings. The molecule has 8 nitrogen and oxygen atoms in total. The van der Waals surface area contributed by atoms with Gasteiger partial charge in [-0.25, -0.2) is 13.9 Å². The van der Waals surface area contributed by atoms with Gasteiger partial charge in [0, 0.05) is 11.6 Å². The molecule has 0 saturated heterocycles. The zero-order chi connectivity index (χ0) is 20.5. The van der Waals surface area contributed by atoms with Crippen molar-refractivity contribution in [3.8, 4) is 0 Å². The SMILES string of the molecule is CCCNC(=O)Cn1nc2n(Cc3ccc(Cl)cc3)c(=O)c3sccc3n2c1=O. The van der Waals surface area contributed by atoms with Gasteiger partial charge in [-0.2, -0.15) is 0 Å². The van der Waals surface area contributed by atoms with E-state index in [2.05, 4.69) is 10.4 Å². The van der Waals surface area contributed by atoms with Gasteiger partial charge in [0.2, 0.25) is 11.7 Å². The third-order valence-electron chi connectivity index (χ3n) is 4.51. The summed E-state index contributed by atoms with van der Waals surface area (Å²) in [4.78, 5) is 38.1. The van der Waals surface area contributed by atoms with Crippen molar-refractivity contribution in [2.75, 3.05) is 6.54 Å². The topological polar surface area (TPSA) is 90.4 Å². The fourth-order valence-corrected chi connectivity index (χ4v) is 4.06. The molecule has 0 aliphatic rings. The largest absolute Gasteiger partial charge is 0.355 e. The summed E-state index contributed by atoms with van der Waals surface area (Å²) in [6.45, 7) is 2.49. The summed E-state index contributed by atoms with van der Waals surface area (Å²) >= 11 is 7.22. The van der Waals surface area contributed by atoms with Crippen LogP contribution in [0.25, 0.3) is 16.0 Å². The first-order valence-electron chi connectivity index (χ1n) is 9.10. The minimum atomic E-state index is -0.458. The van der Waals surface area contributed by atoms with Gasteiger partial charge in [-0.1, -0.05) is 30.7 Å². The van der Waals surface area contributed by atoms with Crippen molar-refractivity contribution in [3.05, 3.63) is 67.1 Å². The van der Waals surface area contributed by atoms with Crippen LogP contribution in [0.4, 0.5) is 0 Å². The van der Waals surface area contributed by atoms with Crippen LogP contribution < -0.4 is 16.6 Å². The molecule has 1 aromatic carbocycles. The lowest BCUT2D eigenvalue weighted by Gasteiger charge is -2.08. The Hall–Kier alpha value is -2.91. The highest BCUT2D eigenvalue weighted by Gasteiger charge is 2.19. The predicted octanol–water partition coefficient (Wildman–Crippen LogP) is 2.10. The van der Waals surface area contributed by atoms with Crippen molar-refractivity contribution in [1.29, 1.82) is 0 Å². The summed E-state index contributed by atoms with van der Waals surface area (Å²) in [5.74, 6) is -0.102. The number of nitrogens with zero attached hydrogens (tertiary/aromatic N) is 4. The first-order valence-corrected chi connectivity index (χ1v) is 10.4. The molecule has 0 saturated carbocycles. The van der Waals surface area contributed by atoms with E-state index < -0.39 is 5.69 Å². The molecule has 1 N–H and O–H groups in total. The molecule has 10 heteroatoms. The van der Waals surface area contributed by atoms with Crippen LogP contribution in [0.5, 0.6) is 0 Å². The standard InChI is InChI=1S/C19H18ClN5O3S/c1-2-8-21-15(26)11-24-19(28)25-14-7-9-29-16(14)17(27)23(18(25)22-24)10-12-3-5-13(20)6-4-12/h3-7,9H,2,8,10-11H2,1H3,(H,21,26). The van der Waals surface area contributed by atoms with Gasteiger partial charge in [-0.3, -0.25) is 14.2 Å². The number of amides is 1. The molecule has 4 rings (SSSR count). The number of hydrogen-bond donors (Lipinski definition) is 1. The third-order valence-corrected chi connectivity index (χ3v) is 5.65. The maximum atomic E-state index is 13.1. The summed E-state index contributed by atoms with van der Waals surface area (Å²) in [6.07, 6.45) is 0.794. The van der Waals surface area contributed by atoms with Crippen LogP contribution in [0.1, 0.15) is 18.9 Å². The van der Waals surface area contributed by atoms with Gasteiger partial charge in [0.25, 0.3) is 5.56 Å². The van der Waals surface area contributed by atoms with E-state index in [9.17, 15) is 14.4 Å². The van der Waals surface area contributed by atoms with Crippen LogP contribution in [0.3, 0.4) is 0 Å². The van der Waals surface area contributed by atoms with Gasteiger partial charge in [0.15, 0.2) is 0 Å². The van der Waals surface area contributed by atoms with E-state index in [0.29, 0.717) is 21.8 Å². The Morgan fingerprint density at radius 3 is 2.69 bits per heavy atom. The van der Waals surface area contributed by atoms with Gasteiger partial charge < -0.3 is 5.32 Å². The lowest BCUT2D eigenvalue weighted by molar-refractivity contribution is -0.121. The molecule has 0 unspecified atom stereocenters. The Morgan fingerprint density at radius 2 is 1.97 bits per heavy atom. The molecule has 3 heterocycles. The number of thiophene rings is 1. The first kappa shape index (κ1) is 19.4. The highest BCUT2D eigenvalue weighted by molar-refractivity contribution is 7.17. The highest BCUT2D eigenvalue weighted by atomic mass is 35.5. The fraction of sp³-hybridized carbons (Fsp3) is 0.263. The first-order chi connectivity index (χ1) is 14.0. The van der Waals surface area contributed by atoms with Gasteiger partial charge in [0.05, 0.1) is 12.1 Å². The number of benzene rings is 1. The molecule has 1 amide bonds. The summed E-state index contributed by atoms with van der Waals surface area (Å²) in [6, 6.07) is 8.83. The van der Waals surface area contributed by atoms with E-state index in [1.54, 1.807) is 23.6 Å². The van der Waals surface area contributed by atoms with Gasteiger partial charge in [-0.15, -0.1) is 16.4 Å². The van der Waals surface area contributed by atoms with Crippen molar-refractivity contribution in [1.82, 2.24) is 24.1 Å². The monoisotopic (exact) mass is 431 g/mol. The van der Waals surface area contributed by atoms with Crippen molar-refractivity contribution in [2.24, 2.45) is 0 Å². The maximum absolute atomic E-state index is 13.1. The lowest BCUT2D eigenvalue weighted by Crippen LogP contribution is -2.33. The third kappa shape index (κ3) is 3.58. The van der Waals surface area contributed by atoms with Crippen LogP contribution in [0.2, 0.25) is 5.02 Å². The van der Waals surface area contributed by atoms with Crippen molar-refractivity contribution in [3.63, 3.8) is 0 Å². The van der Waals surface area contributed by atoms with E-state index in [1.165, 1.54) is 20.3 Å². The molecule has 0 aliphatic carbocycles. The normalized spacial score (nSPS) is 11.4. The van der Waals surface area contributed by atoms with E-state index in [1.807, 2.05) is 19.1 Å². The van der Waals surface area contributed by atoms with Gasteiger partial charge in [-0.05, 0) is 35.6 Å². The number of halogens is 1.